The normalized spacial score (nSPS) is 10.8. The zero-order chi connectivity index (χ0) is 19.6. The third kappa shape index (κ3) is 7.35. The summed E-state index contributed by atoms with van der Waals surface area (Å²) in [5.74, 6) is 1.56. The fraction of sp³-hybridized carbons (Fsp3) is 0.350. The van der Waals surface area contributed by atoms with Gasteiger partial charge >= 0.3 is 0 Å². The van der Waals surface area contributed by atoms with Gasteiger partial charge in [-0.25, -0.2) is 4.39 Å². The molecule has 0 spiro atoms. The summed E-state index contributed by atoms with van der Waals surface area (Å²) >= 11 is 6.30. The molecular formula is C20H26ClFIN3O2. The average Bonchev–Trinajstić information content (AvgIpc) is 2.66. The van der Waals surface area contributed by atoms with Crippen molar-refractivity contribution in [3.05, 3.63) is 58.4 Å². The monoisotopic (exact) mass is 521 g/mol. The topological polar surface area (TPSA) is 54.9 Å². The van der Waals surface area contributed by atoms with E-state index in [1.54, 1.807) is 20.2 Å². The maximum absolute atomic E-state index is 13.2. The molecule has 2 aromatic rings. The number of benzene rings is 2. The van der Waals surface area contributed by atoms with E-state index in [0.29, 0.717) is 48.6 Å². The van der Waals surface area contributed by atoms with Crippen molar-refractivity contribution in [3.63, 3.8) is 0 Å². The van der Waals surface area contributed by atoms with Gasteiger partial charge in [0.1, 0.15) is 5.82 Å². The molecule has 154 valence electrons. The summed E-state index contributed by atoms with van der Waals surface area (Å²) in [6, 6.07) is 10.3. The number of halogens is 3. The van der Waals surface area contributed by atoms with Crippen LogP contribution < -0.4 is 20.1 Å². The van der Waals surface area contributed by atoms with E-state index < -0.39 is 0 Å². The summed E-state index contributed by atoms with van der Waals surface area (Å²) < 4.78 is 24.1. The molecule has 8 heteroatoms. The molecule has 2 aromatic carbocycles. The van der Waals surface area contributed by atoms with Crippen molar-refractivity contribution in [3.8, 4) is 11.5 Å². The van der Waals surface area contributed by atoms with Crippen LogP contribution in [0.3, 0.4) is 0 Å². The standard InChI is InChI=1S/C20H25ClFN3O2.HI/c1-4-27-19-17(21)11-15(12-18(19)26-3)13-25-20(23-2)24-9-8-14-6-5-7-16(22)10-14;/h5-7,10-12H,4,8-9,13H2,1-3H3,(H2,23,24,25);1H. The largest absolute Gasteiger partial charge is 0.493 e. The number of rotatable bonds is 8. The van der Waals surface area contributed by atoms with E-state index >= 15 is 0 Å². The molecule has 0 bridgehead atoms. The Bertz CT molecular complexity index is 790. The van der Waals surface area contributed by atoms with Gasteiger partial charge in [0.2, 0.25) is 0 Å². The van der Waals surface area contributed by atoms with Crippen molar-refractivity contribution < 1.29 is 13.9 Å². The molecule has 0 unspecified atom stereocenters. The Labute approximate surface area is 187 Å². The lowest BCUT2D eigenvalue weighted by Gasteiger charge is -2.15. The summed E-state index contributed by atoms with van der Waals surface area (Å²) in [7, 11) is 3.28. The molecule has 5 nitrogen and oxygen atoms in total. The highest BCUT2D eigenvalue weighted by atomic mass is 127. The first-order valence-corrected chi connectivity index (χ1v) is 9.13. The minimum Gasteiger partial charge on any atom is -0.493 e. The number of nitrogens with one attached hydrogen (secondary N) is 2. The third-order valence-corrected chi connectivity index (χ3v) is 4.14. The van der Waals surface area contributed by atoms with Crippen LogP contribution in [0.4, 0.5) is 4.39 Å². The maximum atomic E-state index is 13.2. The van der Waals surface area contributed by atoms with Crippen molar-refractivity contribution in [1.82, 2.24) is 10.6 Å². The fourth-order valence-corrected chi connectivity index (χ4v) is 2.87. The van der Waals surface area contributed by atoms with E-state index in [1.165, 1.54) is 12.1 Å². The summed E-state index contributed by atoms with van der Waals surface area (Å²) in [5.41, 5.74) is 1.87. The Kier molecular flexibility index (Phi) is 11.0. The quantitative estimate of drug-likeness (QED) is 0.307. The number of guanidine groups is 1. The fourth-order valence-electron chi connectivity index (χ4n) is 2.58. The molecule has 0 saturated carbocycles. The maximum Gasteiger partial charge on any atom is 0.191 e. The average molecular weight is 522 g/mol. The first-order valence-electron chi connectivity index (χ1n) is 8.75. The second-order valence-electron chi connectivity index (χ2n) is 5.77. The number of methoxy groups -OCH3 is 1. The van der Waals surface area contributed by atoms with Gasteiger partial charge in [0.05, 0.1) is 18.7 Å². The van der Waals surface area contributed by atoms with Crippen LogP contribution in [-0.4, -0.2) is 33.3 Å². The van der Waals surface area contributed by atoms with Gasteiger partial charge in [-0.1, -0.05) is 23.7 Å². The third-order valence-electron chi connectivity index (χ3n) is 3.86. The smallest absolute Gasteiger partial charge is 0.191 e. The summed E-state index contributed by atoms with van der Waals surface area (Å²) in [5, 5.41) is 6.94. The minimum atomic E-state index is -0.226. The molecule has 0 aromatic heterocycles. The van der Waals surface area contributed by atoms with Gasteiger partial charge in [-0.15, -0.1) is 24.0 Å². The van der Waals surface area contributed by atoms with Crippen molar-refractivity contribution in [2.45, 2.75) is 19.9 Å². The first kappa shape index (κ1) is 24.3. The van der Waals surface area contributed by atoms with E-state index in [9.17, 15) is 4.39 Å². The molecule has 0 radical (unpaired) electrons. The van der Waals surface area contributed by atoms with Gasteiger partial charge in [0, 0.05) is 20.1 Å². The Morgan fingerprint density at radius 3 is 2.61 bits per heavy atom. The Morgan fingerprint density at radius 2 is 1.96 bits per heavy atom. The first-order chi connectivity index (χ1) is 13.1. The van der Waals surface area contributed by atoms with Crippen molar-refractivity contribution in [2.24, 2.45) is 4.99 Å². The van der Waals surface area contributed by atoms with Crippen LogP contribution in [0.1, 0.15) is 18.1 Å². The lowest BCUT2D eigenvalue weighted by atomic mass is 10.1. The highest BCUT2D eigenvalue weighted by molar-refractivity contribution is 14.0. The molecular weight excluding hydrogens is 496 g/mol. The number of aliphatic imine (C=N–C) groups is 1. The Hall–Kier alpha value is -1.74. The molecule has 0 heterocycles. The van der Waals surface area contributed by atoms with E-state index in [0.717, 1.165) is 11.1 Å². The lowest BCUT2D eigenvalue weighted by Crippen LogP contribution is -2.37. The SMILES string of the molecule is CCOc1c(Cl)cc(CNC(=NC)NCCc2cccc(F)c2)cc1OC.I. The molecule has 0 aliphatic heterocycles. The summed E-state index contributed by atoms with van der Waals surface area (Å²) in [6.07, 6.45) is 0.696. The second-order valence-corrected chi connectivity index (χ2v) is 6.18. The Morgan fingerprint density at radius 1 is 1.18 bits per heavy atom. The molecule has 0 fully saturated rings. The molecule has 0 saturated heterocycles. The van der Waals surface area contributed by atoms with E-state index in [2.05, 4.69) is 15.6 Å². The zero-order valence-corrected chi connectivity index (χ0v) is 19.3. The van der Waals surface area contributed by atoms with Crippen molar-refractivity contribution >= 4 is 41.5 Å². The van der Waals surface area contributed by atoms with E-state index in [4.69, 9.17) is 21.1 Å². The van der Waals surface area contributed by atoms with Gasteiger partial charge in [-0.3, -0.25) is 4.99 Å². The van der Waals surface area contributed by atoms with Gasteiger partial charge < -0.3 is 20.1 Å². The number of hydrogen-bond donors (Lipinski definition) is 2. The number of nitrogens with zero attached hydrogens (tertiary/aromatic N) is 1. The molecule has 0 aliphatic carbocycles. The van der Waals surface area contributed by atoms with E-state index in [-0.39, 0.29) is 29.8 Å². The molecule has 2 rings (SSSR count). The van der Waals surface area contributed by atoms with Crippen LogP contribution in [0.25, 0.3) is 0 Å². The highest BCUT2D eigenvalue weighted by Crippen LogP contribution is 2.36. The lowest BCUT2D eigenvalue weighted by molar-refractivity contribution is 0.311. The Balaban J connectivity index is 0.00000392. The zero-order valence-electron chi connectivity index (χ0n) is 16.2. The van der Waals surface area contributed by atoms with Crippen LogP contribution in [-0.2, 0) is 13.0 Å². The van der Waals surface area contributed by atoms with Crippen LogP contribution >= 0.6 is 35.6 Å². The molecule has 0 aliphatic rings. The van der Waals surface area contributed by atoms with Gasteiger partial charge in [-0.05, 0) is 48.7 Å². The summed E-state index contributed by atoms with van der Waals surface area (Å²) in [4.78, 5) is 4.20. The van der Waals surface area contributed by atoms with Crippen molar-refractivity contribution in [1.29, 1.82) is 0 Å². The van der Waals surface area contributed by atoms with E-state index in [1.807, 2.05) is 25.1 Å². The van der Waals surface area contributed by atoms with Crippen LogP contribution in [0.15, 0.2) is 41.4 Å². The molecule has 2 N–H and O–H groups in total. The van der Waals surface area contributed by atoms with Crippen LogP contribution in [0.5, 0.6) is 11.5 Å². The predicted octanol–water partition coefficient (Wildman–Crippen LogP) is 4.41. The predicted molar refractivity (Wildman–Crippen MR) is 123 cm³/mol. The highest BCUT2D eigenvalue weighted by Gasteiger charge is 2.12. The number of hydrogen-bond acceptors (Lipinski definition) is 3. The second kappa shape index (κ2) is 12.7. The van der Waals surface area contributed by atoms with Crippen LogP contribution in [0, 0.1) is 5.82 Å². The van der Waals surface area contributed by atoms with Gasteiger partial charge in [0.15, 0.2) is 17.5 Å². The van der Waals surface area contributed by atoms with Gasteiger partial charge in [0.25, 0.3) is 0 Å². The summed E-state index contributed by atoms with van der Waals surface area (Å²) in [6.45, 7) is 3.55. The number of ether oxygens (including phenoxy) is 2. The van der Waals surface area contributed by atoms with Crippen LogP contribution in [0.2, 0.25) is 5.02 Å². The minimum absolute atomic E-state index is 0. The van der Waals surface area contributed by atoms with Gasteiger partial charge in [-0.2, -0.15) is 0 Å². The molecule has 0 atom stereocenters. The van der Waals surface area contributed by atoms with Crippen molar-refractivity contribution in [2.75, 3.05) is 27.3 Å². The molecule has 0 amide bonds. The molecule has 28 heavy (non-hydrogen) atoms.